The molecule has 3 nitrogen and oxygen atoms in total. The first-order valence-electron chi connectivity index (χ1n) is 6.66. The second-order valence-electron chi connectivity index (χ2n) is 4.88. The molecule has 0 aliphatic carbocycles. The Morgan fingerprint density at radius 3 is 2.12 bits per heavy atom. The van der Waals surface area contributed by atoms with Crippen molar-refractivity contribution in [3.8, 4) is 0 Å². The molecule has 16 heavy (non-hydrogen) atoms. The summed E-state index contributed by atoms with van der Waals surface area (Å²) >= 11 is 0. The Morgan fingerprint density at radius 1 is 1.12 bits per heavy atom. The Morgan fingerprint density at radius 2 is 1.69 bits per heavy atom. The molecule has 3 heteroatoms. The number of hydrogen-bond donors (Lipinski definition) is 1. The van der Waals surface area contributed by atoms with Gasteiger partial charge in [0.15, 0.2) is 0 Å². The first-order valence-corrected chi connectivity index (χ1v) is 6.66. The Kier molecular flexibility index (Phi) is 5.26. The Balaban J connectivity index is 2.59. The molecule has 94 valence electrons. The molecule has 1 fully saturated rings. The van der Waals surface area contributed by atoms with E-state index in [0.717, 1.165) is 58.0 Å². The lowest BCUT2D eigenvalue weighted by Crippen LogP contribution is -2.46. The van der Waals surface area contributed by atoms with Crippen LogP contribution < -0.4 is 0 Å². The SMILES string of the molecule is CCCCCC(CCCC)(C(=O)O)N1CC1. The molecular weight excluding hydrogens is 202 g/mol. The van der Waals surface area contributed by atoms with E-state index in [-0.39, 0.29) is 0 Å². The van der Waals surface area contributed by atoms with E-state index in [2.05, 4.69) is 18.7 Å². The summed E-state index contributed by atoms with van der Waals surface area (Å²) in [5, 5.41) is 9.52. The maximum Gasteiger partial charge on any atom is 0.324 e. The largest absolute Gasteiger partial charge is 0.480 e. The zero-order valence-electron chi connectivity index (χ0n) is 10.7. The molecule has 1 atom stereocenters. The van der Waals surface area contributed by atoms with Crippen molar-refractivity contribution in [3.05, 3.63) is 0 Å². The van der Waals surface area contributed by atoms with E-state index in [1.807, 2.05) is 0 Å². The average molecular weight is 227 g/mol. The van der Waals surface area contributed by atoms with Crippen LogP contribution in [0.25, 0.3) is 0 Å². The molecule has 1 N–H and O–H groups in total. The van der Waals surface area contributed by atoms with Gasteiger partial charge in [0.1, 0.15) is 5.54 Å². The normalized spacial score (nSPS) is 19.4. The van der Waals surface area contributed by atoms with Gasteiger partial charge in [-0.3, -0.25) is 9.69 Å². The third kappa shape index (κ3) is 3.21. The highest BCUT2D eigenvalue weighted by Crippen LogP contribution is 2.33. The lowest BCUT2D eigenvalue weighted by molar-refractivity contribution is -0.149. The molecule has 0 bridgehead atoms. The van der Waals surface area contributed by atoms with Gasteiger partial charge in [-0.2, -0.15) is 0 Å². The van der Waals surface area contributed by atoms with E-state index in [1.54, 1.807) is 0 Å². The number of aliphatic carboxylic acids is 1. The van der Waals surface area contributed by atoms with Crippen molar-refractivity contribution in [1.82, 2.24) is 4.90 Å². The smallest absolute Gasteiger partial charge is 0.324 e. The van der Waals surface area contributed by atoms with Crippen molar-refractivity contribution >= 4 is 5.97 Å². The highest BCUT2D eigenvalue weighted by Gasteiger charge is 2.47. The number of carboxylic acid groups (broad SMARTS) is 1. The summed E-state index contributed by atoms with van der Waals surface area (Å²) in [5.74, 6) is -0.602. The van der Waals surface area contributed by atoms with E-state index in [0.29, 0.717) is 0 Å². The zero-order valence-corrected chi connectivity index (χ0v) is 10.7. The van der Waals surface area contributed by atoms with Gasteiger partial charge in [0.25, 0.3) is 0 Å². The van der Waals surface area contributed by atoms with Gasteiger partial charge < -0.3 is 5.11 Å². The number of carboxylic acids is 1. The summed E-state index contributed by atoms with van der Waals surface area (Å²) in [7, 11) is 0. The fourth-order valence-corrected chi connectivity index (χ4v) is 2.41. The van der Waals surface area contributed by atoms with Gasteiger partial charge in [0.05, 0.1) is 0 Å². The van der Waals surface area contributed by atoms with Crippen molar-refractivity contribution in [2.24, 2.45) is 0 Å². The van der Waals surface area contributed by atoms with Crippen LogP contribution in [-0.4, -0.2) is 34.6 Å². The number of unbranched alkanes of at least 4 members (excludes halogenated alkanes) is 3. The van der Waals surface area contributed by atoms with Crippen LogP contribution in [0, 0.1) is 0 Å². The summed E-state index contributed by atoms with van der Waals surface area (Å²) in [6.45, 7) is 6.23. The molecule has 0 aromatic carbocycles. The monoisotopic (exact) mass is 227 g/mol. The van der Waals surface area contributed by atoms with Crippen LogP contribution in [-0.2, 0) is 4.79 Å². The minimum Gasteiger partial charge on any atom is -0.480 e. The Hall–Kier alpha value is -0.570. The maximum absolute atomic E-state index is 11.6. The second kappa shape index (κ2) is 6.24. The van der Waals surface area contributed by atoms with Crippen molar-refractivity contribution in [3.63, 3.8) is 0 Å². The summed E-state index contributed by atoms with van der Waals surface area (Å²) in [6, 6.07) is 0. The Bertz CT molecular complexity index is 226. The molecule has 0 aromatic rings. The minimum absolute atomic E-state index is 0.537. The molecule has 0 spiro atoms. The highest BCUT2D eigenvalue weighted by atomic mass is 16.4. The Labute approximate surface area is 98.8 Å². The third-order valence-corrected chi connectivity index (χ3v) is 3.59. The first-order chi connectivity index (χ1) is 7.67. The topological polar surface area (TPSA) is 40.3 Å². The molecule has 1 aliphatic heterocycles. The third-order valence-electron chi connectivity index (χ3n) is 3.59. The molecule has 1 heterocycles. The van der Waals surface area contributed by atoms with Crippen LogP contribution in [0.2, 0.25) is 0 Å². The molecule has 0 saturated carbocycles. The fraction of sp³-hybridized carbons (Fsp3) is 0.923. The van der Waals surface area contributed by atoms with E-state index in [1.165, 1.54) is 0 Å². The summed E-state index contributed by atoms with van der Waals surface area (Å²) in [6.07, 6.45) is 7.10. The zero-order chi connectivity index (χ0) is 12.0. The number of hydrogen-bond acceptors (Lipinski definition) is 2. The molecule has 0 aromatic heterocycles. The molecule has 1 aliphatic rings. The van der Waals surface area contributed by atoms with Crippen molar-refractivity contribution < 1.29 is 9.90 Å². The van der Waals surface area contributed by atoms with Crippen molar-refractivity contribution in [2.45, 2.75) is 64.3 Å². The van der Waals surface area contributed by atoms with Gasteiger partial charge in [0.2, 0.25) is 0 Å². The van der Waals surface area contributed by atoms with Crippen LogP contribution in [0.4, 0.5) is 0 Å². The molecule has 1 saturated heterocycles. The predicted molar refractivity (Wildman–Crippen MR) is 65.6 cm³/mol. The van der Waals surface area contributed by atoms with E-state index >= 15 is 0 Å². The standard InChI is InChI=1S/C13H25NO2/c1-3-5-7-9-13(12(15)16,8-6-4-2)14-10-11-14/h3-11H2,1-2H3,(H,15,16). The molecular formula is C13H25NO2. The molecule has 0 amide bonds. The first kappa shape index (κ1) is 13.5. The highest BCUT2D eigenvalue weighted by molar-refractivity contribution is 5.79. The lowest BCUT2D eigenvalue weighted by atomic mass is 9.86. The second-order valence-corrected chi connectivity index (χ2v) is 4.88. The van der Waals surface area contributed by atoms with Gasteiger partial charge in [-0.1, -0.05) is 46.0 Å². The maximum atomic E-state index is 11.6. The molecule has 1 rings (SSSR count). The summed E-state index contributed by atoms with van der Waals surface area (Å²) < 4.78 is 0. The number of carbonyl (C=O) groups is 1. The predicted octanol–water partition coefficient (Wildman–Crippen LogP) is 2.90. The average Bonchev–Trinajstić information content (AvgIpc) is 3.07. The quantitative estimate of drug-likeness (QED) is 0.486. The van der Waals surface area contributed by atoms with Crippen molar-refractivity contribution in [2.75, 3.05) is 13.1 Å². The number of nitrogens with zero attached hydrogens (tertiary/aromatic N) is 1. The van der Waals surface area contributed by atoms with E-state index < -0.39 is 11.5 Å². The van der Waals surface area contributed by atoms with E-state index in [4.69, 9.17) is 0 Å². The van der Waals surface area contributed by atoms with Crippen molar-refractivity contribution in [1.29, 1.82) is 0 Å². The van der Waals surface area contributed by atoms with Gasteiger partial charge in [-0.05, 0) is 12.8 Å². The van der Waals surface area contributed by atoms with Crippen LogP contribution >= 0.6 is 0 Å². The van der Waals surface area contributed by atoms with Crippen LogP contribution in [0.5, 0.6) is 0 Å². The van der Waals surface area contributed by atoms with Crippen LogP contribution in [0.1, 0.15) is 58.8 Å². The number of rotatable bonds is 9. The lowest BCUT2D eigenvalue weighted by Gasteiger charge is -2.31. The van der Waals surface area contributed by atoms with E-state index in [9.17, 15) is 9.90 Å². The summed E-state index contributed by atoms with van der Waals surface area (Å²) in [5.41, 5.74) is -0.537. The van der Waals surface area contributed by atoms with Crippen LogP contribution in [0.3, 0.4) is 0 Å². The molecule has 1 unspecified atom stereocenters. The van der Waals surface area contributed by atoms with Gasteiger partial charge in [0, 0.05) is 13.1 Å². The van der Waals surface area contributed by atoms with Gasteiger partial charge in [-0.25, -0.2) is 0 Å². The van der Waals surface area contributed by atoms with Crippen LogP contribution in [0.15, 0.2) is 0 Å². The van der Waals surface area contributed by atoms with Gasteiger partial charge in [-0.15, -0.1) is 0 Å². The molecule has 0 radical (unpaired) electrons. The summed E-state index contributed by atoms with van der Waals surface area (Å²) in [4.78, 5) is 13.7. The fourth-order valence-electron chi connectivity index (χ4n) is 2.41. The van der Waals surface area contributed by atoms with Gasteiger partial charge >= 0.3 is 5.97 Å². The minimum atomic E-state index is -0.602.